The smallest absolute Gasteiger partial charge is 0.329 e. The number of hydrogen-bond acceptors (Lipinski definition) is 3. The minimum absolute atomic E-state index is 0.0445. The molecule has 0 fully saturated rings. The summed E-state index contributed by atoms with van der Waals surface area (Å²) in [5.74, 6) is 2.06. The summed E-state index contributed by atoms with van der Waals surface area (Å²) >= 11 is 0. The zero-order valence-electron chi connectivity index (χ0n) is 12.9. The maximum absolute atomic E-state index is 12.5. The molecule has 2 aromatic rings. The molecule has 0 N–H and O–H groups in total. The average Bonchev–Trinajstić information content (AvgIpc) is 2.77. The lowest BCUT2D eigenvalue weighted by Crippen LogP contribution is -2.24. The van der Waals surface area contributed by atoms with E-state index in [2.05, 4.69) is 11.9 Å². The van der Waals surface area contributed by atoms with Crippen LogP contribution in [0.2, 0.25) is 0 Å². The van der Waals surface area contributed by atoms with Crippen LogP contribution in [0, 0.1) is 0 Å². The normalized spacial score (nSPS) is 13.4. The largest absolute Gasteiger partial charge is 0.469 e. The lowest BCUT2D eigenvalue weighted by molar-refractivity contribution is -0.106. The molecule has 22 heavy (non-hydrogen) atoms. The molecule has 0 saturated heterocycles. The van der Waals surface area contributed by atoms with Gasteiger partial charge >= 0.3 is 5.69 Å². The average molecular weight is 321 g/mol. The third-order valence-electron chi connectivity index (χ3n) is 3.58. The number of nitrogens with zero attached hydrogens (tertiary/aromatic N) is 3. The first-order valence-corrected chi connectivity index (χ1v) is 8.18. The SMILES string of the molecule is CCCC(C)n1c(=O)n(C)c2cccc(OPC=NC=O)c21. The van der Waals surface area contributed by atoms with Gasteiger partial charge in [0, 0.05) is 13.1 Å². The van der Waals surface area contributed by atoms with E-state index in [1.165, 1.54) is 5.96 Å². The Morgan fingerprint density at radius 1 is 1.45 bits per heavy atom. The van der Waals surface area contributed by atoms with Crippen LogP contribution in [0.3, 0.4) is 0 Å². The number of aliphatic imine (C=N–C) groups is 1. The molecule has 0 bridgehead atoms. The summed E-state index contributed by atoms with van der Waals surface area (Å²) in [6, 6.07) is 5.69. The van der Waals surface area contributed by atoms with E-state index < -0.39 is 0 Å². The Kier molecular flexibility index (Phi) is 5.50. The van der Waals surface area contributed by atoms with Gasteiger partial charge in [0.1, 0.15) is 20.1 Å². The fraction of sp³-hybridized carbons (Fsp3) is 0.400. The maximum atomic E-state index is 12.5. The summed E-state index contributed by atoms with van der Waals surface area (Å²) in [5.41, 5.74) is 1.59. The molecule has 0 aliphatic rings. The lowest BCUT2D eigenvalue weighted by atomic mass is 10.2. The molecule has 1 amide bonds. The van der Waals surface area contributed by atoms with Crippen LogP contribution >= 0.6 is 8.81 Å². The van der Waals surface area contributed by atoms with E-state index in [9.17, 15) is 9.59 Å². The van der Waals surface area contributed by atoms with Gasteiger partial charge < -0.3 is 4.52 Å². The summed E-state index contributed by atoms with van der Waals surface area (Å²) in [5, 5.41) is 0. The molecule has 0 spiro atoms. The fourth-order valence-corrected chi connectivity index (χ4v) is 3.04. The predicted octanol–water partition coefficient (Wildman–Crippen LogP) is 2.86. The zero-order chi connectivity index (χ0) is 16.1. The molecule has 1 heterocycles. The van der Waals surface area contributed by atoms with Crippen LogP contribution in [0.1, 0.15) is 32.7 Å². The van der Waals surface area contributed by atoms with E-state index in [1.807, 2.05) is 25.1 Å². The van der Waals surface area contributed by atoms with Crippen molar-refractivity contribution in [3.8, 4) is 5.75 Å². The maximum Gasteiger partial charge on any atom is 0.329 e. The van der Waals surface area contributed by atoms with Crippen LogP contribution in [0.15, 0.2) is 28.0 Å². The van der Waals surface area contributed by atoms with E-state index >= 15 is 0 Å². The van der Waals surface area contributed by atoms with Gasteiger partial charge in [0.25, 0.3) is 0 Å². The Labute approximate surface area is 130 Å². The first-order chi connectivity index (χ1) is 10.6. The van der Waals surface area contributed by atoms with Crippen molar-refractivity contribution in [2.75, 3.05) is 0 Å². The first-order valence-electron chi connectivity index (χ1n) is 7.19. The quantitative estimate of drug-likeness (QED) is 0.447. The Morgan fingerprint density at radius 2 is 2.23 bits per heavy atom. The number of aromatic nitrogens is 2. The molecule has 2 atom stereocenters. The minimum Gasteiger partial charge on any atom is -0.469 e. The highest BCUT2D eigenvalue weighted by Crippen LogP contribution is 2.31. The van der Waals surface area contributed by atoms with Crippen molar-refractivity contribution in [1.29, 1.82) is 0 Å². The van der Waals surface area contributed by atoms with Crippen LogP contribution in [0.5, 0.6) is 5.75 Å². The molecular weight excluding hydrogens is 301 g/mol. The van der Waals surface area contributed by atoms with Gasteiger partial charge in [-0.15, -0.1) is 0 Å². The van der Waals surface area contributed by atoms with Gasteiger partial charge in [-0.25, -0.2) is 9.79 Å². The number of imidazole rings is 1. The number of benzene rings is 1. The molecule has 1 aromatic heterocycles. The van der Waals surface area contributed by atoms with E-state index in [0.29, 0.717) is 12.2 Å². The van der Waals surface area contributed by atoms with Crippen LogP contribution in [-0.4, -0.2) is 21.5 Å². The van der Waals surface area contributed by atoms with E-state index in [4.69, 9.17) is 4.52 Å². The molecule has 2 unspecified atom stereocenters. The molecule has 6 nitrogen and oxygen atoms in total. The highest BCUT2D eigenvalue weighted by atomic mass is 31.1. The Morgan fingerprint density at radius 3 is 2.91 bits per heavy atom. The lowest BCUT2D eigenvalue weighted by Gasteiger charge is -2.14. The van der Waals surface area contributed by atoms with E-state index in [0.717, 1.165) is 23.9 Å². The fourth-order valence-electron chi connectivity index (χ4n) is 2.57. The highest BCUT2D eigenvalue weighted by molar-refractivity contribution is 7.51. The number of amides is 1. The number of carbonyl (C=O) groups is 1. The summed E-state index contributed by atoms with van der Waals surface area (Å²) in [4.78, 5) is 26.2. The Balaban J connectivity index is 2.53. The summed E-state index contributed by atoms with van der Waals surface area (Å²) < 4.78 is 9.13. The van der Waals surface area contributed by atoms with Crippen molar-refractivity contribution >= 4 is 32.2 Å². The van der Waals surface area contributed by atoms with Crippen molar-refractivity contribution < 1.29 is 9.32 Å². The van der Waals surface area contributed by atoms with Gasteiger partial charge in [-0.3, -0.25) is 13.9 Å². The molecule has 0 radical (unpaired) electrons. The molecule has 2 rings (SSSR count). The Bertz CT molecular complexity index is 748. The second-order valence-corrected chi connectivity index (χ2v) is 5.77. The summed E-state index contributed by atoms with van der Waals surface area (Å²) in [6.45, 7) is 4.14. The molecule has 0 aliphatic heterocycles. The van der Waals surface area contributed by atoms with Gasteiger partial charge in [0.2, 0.25) is 6.41 Å². The number of hydrogen-bond donors (Lipinski definition) is 0. The van der Waals surface area contributed by atoms with Gasteiger partial charge in [-0.2, -0.15) is 0 Å². The van der Waals surface area contributed by atoms with Crippen molar-refractivity contribution in [1.82, 2.24) is 9.13 Å². The number of carbonyl (C=O) groups excluding carboxylic acids is 1. The third-order valence-corrected chi connectivity index (χ3v) is 4.17. The standard InChI is InChI=1S/C15H20N3O3P/c1-4-6-11(2)18-14-12(17(3)15(18)20)7-5-8-13(14)21-22-10-16-9-19/h5,7-11,22H,4,6H2,1-3H3. The monoisotopic (exact) mass is 321 g/mol. The van der Waals surface area contributed by atoms with Crippen LogP contribution in [0.4, 0.5) is 0 Å². The van der Waals surface area contributed by atoms with Crippen molar-refractivity contribution in [2.24, 2.45) is 12.0 Å². The number of fused-ring (bicyclic) bond motifs is 1. The second kappa shape index (κ2) is 7.36. The summed E-state index contributed by atoms with van der Waals surface area (Å²) in [7, 11) is 1.69. The molecule has 118 valence electrons. The Hall–Kier alpha value is -1.94. The molecule has 0 aliphatic carbocycles. The van der Waals surface area contributed by atoms with Crippen molar-refractivity contribution in [2.45, 2.75) is 32.7 Å². The van der Waals surface area contributed by atoms with Crippen molar-refractivity contribution in [3.05, 3.63) is 28.7 Å². The van der Waals surface area contributed by atoms with Crippen molar-refractivity contribution in [3.63, 3.8) is 0 Å². The van der Waals surface area contributed by atoms with Gasteiger partial charge in [0.15, 0.2) is 0 Å². The summed E-state index contributed by atoms with van der Waals surface area (Å²) in [6.07, 6.45) is 2.39. The molecule has 7 heteroatoms. The zero-order valence-corrected chi connectivity index (χ0v) is 13.9. The molecule has 0 saturated carbocycles. The molecule has 1 aromatic carbocycles. The number of para-hydroxylation sites is 1. The van der Waals surface area contributed by atoms with E-state index in [1.54, 1.807) is 16.2 Å². The van der Waals surface area contributed by atoms with Gasteiger partial charge in [-0.05, 0) is 25.5 Å². The molecular formula is C15H20N3O3P. The van der Waals surface area contributed by atoms with E-state index in [-0.39, 0.29) is 20.5 Å². The van der Waals surface area contributed by atoms with Gasteiger partial charge in [-0.1, -0.05) is 19.4 Å². The second-order valence-electron chi connectivity index (χ2n) is 5.08. The highest BCUT2D eigenvalue weighted by Gasteiger charge is 2.18. The first kappa shape index (κ1) is 16.4. The van der Waals surface area contributed by atoms with Gasteiger partial charge in [0.05, 0.1) is 11.5 Å². The van der Waals surface area contributed by atoms with Crippen LogP contribution in [-0.2, 0) is 11.8 Å². The number of rotatable bonds is 7. The minimum atomic E-state index is -0.0709. The van der Waals surface area contributed by atoms with Crippen LogP contribution < -0.4 is 10.2 Å². The predicted molar refractivity (Wildman–Crippen MR) is 90.3 cm³/mol. The third kappa shape index (κ3) is 3.12. The number of aryl methyl sites for hydroxylation is 1. The van der Waals surface area contributed by atoms with Crippen LogP contribution in [0.25, 0.3) is 11.0 Å². The topological polar surface area (TPSA) is 65.6 Å².